The molecule has 0 aliphatic rings. The number of carbonyl (C=O) groups excluding carboxylic acids is 1. The maximum Gasteiger partial charge on any atom is 0.419 e. The minimum Gasteiger partial charge on any atom is -0.408 e. The smallest absolute Gasteiger partial charge is 0.408 e. The third-order valence-electron chi connectivity index (χ3n) is 3.53. The molecule has 7 heteroatoms. The molecule has 0 N–H and O–H groups in total. The Morgan fingerprint density at radius 3 is 2.45 bits per heavy atom. The summed E-state index contributed by atoms with van der Waals surface area (Å²) in [5.74, 6) is -1.07. The number of aryl methyl sites for hydroxylation is 1. The molecule has 0 amide bonds. The quantitative estimate of drug-likeness (QED) is 0.793. The summed E-state index contributed by atoms with van der Waals surface area (Å²) in [7, 11) is -2.00. The van der Waals surface area contributed by atoms with Gasteiger partial charge in [-0.15, -0.1) is 0 Å². The Morgan fingerprint density at radius 2 is 1.90 bits per heavy atom. The zero-order valence-corrected chi connectivity index (χ0v) is 12.4. The van der Waals surface area contributed by atoms with Crippen molar-refractivity contribution >= 4 is 26.7 Å². The lowest BCUT2D eigenvalue weighted by atomic mass is 10.00. The molecule has 0 aliphatic carbocycles. The molecular weight excluding hydrogens is 282 g/mol. The third kappa shape index (κ3) is 2.07. The van der Waals surface area contributed by atoms with E-state index in [9.17, 15) is 18.0 Å². The van der Waals surface area contributed by atoms with E-state index in [1.165, 1.54) is 30.5 Å². The fourth-order valence-corrected chi connectivity index (χ4v) is 2.25. The van der Waals surface area contributed by atoms with Gasteiger partial charge in [0, 0.05) is 18.9 Å². The van der Waals surface area contributed by atoms with Crippen LogP contribution in [0.5, 0.6) is 0 Å². The van der Waals surface area contributed by atoms with Crippen molar-refractivity contribution < 1.29 is 17.6 Å². The van der Waals surface area contributed by atoms with Gasteiger partial charge >= 0.3 is 5.76 Å². The highest BCUT2D eigenvalue weighted by atomic mass is 32.2. The molecule has 2 rings (SSSR count). The highest BCUT2D eigenvalue weighted by molar-refractivity contribution is 7.92. The number of benzene rings is 1. The number of rotatable bonds is 3. The van der Waals surface area contributed by atoms with Crippen molar-refractivity contribution in [2.45, 2.75) is 18.6 Å². The molecule has 6 nitrogen and oxygen atoms in total. The molecule has 1 aromatic carbocycles. The van der Waals surface area contributed by atoms with Crippen LogP contribution in [0.4, 0.5) is 0 Å². The van der Waals surface area contributed by atoms with E-state index < -0.39 is 26.1 Å². The first-order valence-electron chi connectivity index (χ1n) is 5.89. The molecule has 0 spiro atoms. The first-order chi connectivity index (χ1) is 9.05. The van der Waals surface area contributed by atoms with Gasteiger partial charge in [0.05, 0.1) is 5.52 Å². The maximum absolute atomic E-state index is 12.3. The van der Waals surface area contributed by atoms with E-state index in [-0.39, 0.29) is 11.1 Å². The molecule has 1 heterocycles. The zero-order valence-electron chi connectivity index (χ0n) is 11.6. The van der Waals surface area contributed by atoms with Crippen LogP contribution in [-0.4, -0.2) is 29.8 Å². The lowest BCUT2D eigenvalue weighted by molar-refractivity contribution is 0.0954. The van der Waals surface area contributed by atoms with Gasteiger partial charge in [0.1, 0.15) is 4.75 Å². The molecule has 0 radical (unpaired) electrons. The summed E-state index contributed by atoms with van der Waals surface area (Å²) in [6.07, 6.45) is 1.02. The number of fused-ring (bicyclic) bond motifs is 1. The normalized spacial score (nSPS) is 12.8. The van der Waals surface area contributed by atoms with E-state index in [1.807, 2.05) is 0 Å². The van der Waals surface area contributed by atoms with E-state index >= 15 is 0 Å². The van der Waals surface area contributed by atoms with Crippen LogP contribution in [0, 0.1) is 0 Å². The molecule has 2 aromatic rings. The molecule has 108 valence electrons. The lowest BCUT2D eigenvalue weighted by Gasteiger charge is -2.20. The van der Waals surface area contributed by atoms with Crippen LogP contribution in [0.1, 0.15) is 24.2 Å². The lowest BCUT2D eigenvalue weighted by Crippen LogP contribution is -2.39. The second-order valence-corrected chi connectivity index (χ2v) is 7.79. The van der Waals surface area contributed by atoms with Crippen LogP contribution in [0.2, 0.25) is 0 Å². The molecule has 0 atom stereocenters. The Kier molecular flexibility index (Phi) is 3.13. The van der Waals surface area contributed by atoms with Crippen LogP contribution < -0.4 is 5.76 Å². The van der Waals surface area contributed by atoms with Gasteiger partial charge in [-0.1, -0.05) is 0 Å². The van der Waals surface area contributed by atoms with Crippen LogP contribution >= 0.6 is 0 Å². The average Bonchev–Trinajstić information content (AvgIpc) is 2.62. The van der Waals surface area contributed by atoms with Crippen LogP contribution in [0.15, 0.2) is 27.4 Å². The number of oxazole rings is 1. The first-order valence-corrected chi connectivity index (χ1v) is 7.79. The van der Waals surface area contributed by atoms with Crippen molar-refractivity contribution in [3.8, 4) is 0 Å². The number of hydrogen-bond donors (Lipinski definition) is 0. The van der Waals surface area contributed by atoms with Gasteiger partial charge in [0.15, 0.2) is 21.2 Å². The van der Waals surface area contributed by atoms with Crippen LogP contribution in [-0.2, 0) is 16.9 Å². The summed E-state index contributed by atoms with van der Waals surface area (Å²) in [5.41, 5.74) is 0.999. The molecule has 1 aromatic heterocycles. The summed E-state index contributed by atoms with van der Waals surface area (Å²) in [6, 6.07) is 4.45. The minimum absolute atomic E-state index is 0.197. The van der Waals surface area contributed by atoms with Crippen LogP contribution in [0.25, 0.3) is 11.1 Å². The highest BCUT2D eigenvalue weighted by Gasteiger charge is 2.39. The van der Waals surface area contributed by atoms with Crippen molar-refractivity contribution in [1.82, 2.24) is 4.57 Å². The van der Waals surface area contributed by atoms with Crippen molar-refractivity contribution in [3.05, 3.63) is 34.3 Å². The van der Waals surface area contributed by atoms with Crippen molar-refractivity contribution in [3.63, 3.8) is 0 Å². The second kappa shape index (κ2) is 4.31. The minimum atomic E-state index is -3.55. The Morgan fingerprint density at radius 1 is 1.30 bits per heavy atom. The van der Waals surface area contributed by atoms with E-state index in [1.54, 1.807) is 13.1 Å². The second-order valence-electron chi connectivity index (χ2n) is 5.22. The Balaban J connectivity index is 2.60. The third-order valence-corrected chi connectivity index (χ3v) is 5.57. The van der Waals surface area contributed by atoms with Gasteiger partial charge in [-0.25, -0.2) is 13.2 Å². The Bertz CT molecular complexity index is 855. The average molecular weight is 297 g/mol. The Hall–Kier alpha value is -1.89. The van der Waals surface area contributed by atoms with Gasteiger partial charge in [0.2, 0.25) is 0 Å². The molecular formula is C13H15NO5S. The number of nitrogens with zero attached hydrogens (tertiary/aromatic N) is 1. The zero-order chi connectivity index (χ0) is 15.3. The summed E-state index contributed by atoms with van der Waals surface area (Å²) in [4.78, 5) is 23.7. The fraction of sp³-hybridized carbons (Fsp3) is 0.385. The largest absolute Gasteiger partial charge is 0.419 e. The summed E-state index contributed by atoms with van der Waals surface area (Å²) >= 11 is 0. The Labute approximate surface area is 115 Å². The van der Waals surface area contributed by atoms with E-state index in [0.29, 0.717) is 5.52 Å². The van der Waals surface area contributed by atoms with E-state index in [4.69, 9.17) is 4.42 Å². The van der Waals surface area contributed by atoms with Crippen molar-refractivity contribution in [2.75, 3.05) is 6.26 Å². The van der Waals surface area contributed by atoms with E-state index in [0.717, 1.165) is 6.26 Å². The highest BCUT2D eigenvalue weighted by Crippen LogP contribution is 2.23. The first kappa shape index (κ1) is 14.5. The fourth-order valence-electron chi connectivity index (χ4n) is 1.79. The monoisotopic (exact) mass is 297 g/mol. The molecule has 0 aliphatic heterocycles. The molecule has 0 saturated heterocycles. The van der Waals surface area contributed by atoms with E-state index in [2.05, 4.69) is 0 Å². The molecule has 0 bridgehead atoms. The van der Waals surface area contributed by atoms with Crippen LogP contribution in [0.3, 0.4) is 0 Å². The van der Waals surface area contributed by atoms with Gasteiger partial charge < -0.3 is 4.42 Å². The summed E-state index contributed by atoms with van der Waals surface area (Å²) in [5, 5.41) is 0. The molecule has 20 heavy (non-hydrogen) atoms. The molecule has 0 unspecified atom stereocenters. The predicted octanol–water partition coefficient (Wildman–Crippen LogP) is 1.14. The van der Waals surface area contributed by atoms with Crippen molar-refractivity contribution in [1.29, 1.82) is 0 Å². The number of Topliss-reactive ketones (excluding diaryl/α,β-unsaturated/α-hetero) is 1. The van der Waals surface area contributed by atoms with Gasteiger partial charge in [-0.3, -0.25) is 9.36 Å². The predicted molar refractivity (Wildman–Crippen MR) is 74.7 cm³/mol. The summed E-state index contributed by atoms with van der Waals surface area (Å²) < 4.78 is 28.2. The van der Waals surface area contributed by atoms with Gasteiger partial charge in [-0.05, 0) is 32.0 Å². The van der Waals surface area contributed by atoms with Gasteiger partial charge in [-0.2, -0.15) is 0 Å². The number of ketones is 1. The topological polar surface area (TPSA) is 86.3 Å². The number of hydrogen-bond acceptors (Lipinski definition) is 5. The summed E-state index contributed by atoms with van der Waals surface area (Å²) in [6.45, 7) is 2.71. The molecule has 0 fully saturated rings. The maximum atomic E-state index is 12.3. The van der Waals surface area contributed by atoms with Gasteiger partial charge in [0.25, 0.3) is 0 Å². The van der Waals surface area contributed by atoms with Crippen molar-refractivity contribution in [2.24, 2.45) is 7.05 Å². The molecule has 0 saturated carbocycles. The number of carbonyl (C=O) groups is 1. The number of sulfone groups is 1. The SMILES string of the molecule is Cn1c(=O)oc2cc(C(=O)C(C)(C)S(C)(=O)=O)ccc21. The standard InChI is InChI=1S/C13H15NO5S/c1-13(2,20(4,17)18)11(15)8-5-6-9-10(7-8)19-12(16)14(9)3/h5-7H,1-4H3. The number of aromatic nitrogens is 1.